The van der Waals surface area contributed by atoms with Gasteiger partial charge < -0.3 is 10.7 Å². The van der Waals surface area contributed by atoms with E-state index in [1.54, 1.807) is 6.92 Å². The van der Waals surface area contributed by atoms with Gasteiger partial charge in [-0.05, 0) is 24.6 Å². The lowest BCUT2D eigenvalue weighted by Gasteiger charge is -2.10. The van der Waals surface area contributed by atoms with E-state index < -0.39 is 23.2 Å². The van der Waals surface area contributed by atoms with Crippen molar-refractivity contribution in [1.29, 1.82) is 0 Å². The molecule has 7 heteroatoms. The summed E-state index contributed by atoms with van der Waals surface area (Å²) in [6.07, 6.45) is 0.340. The molecule has 1 aromatic carbocycles. The molecule has 0 saturated carbocycles. The molecule has 104 valence electrons. The largest absolute Gasteiger partial charge is 0.365 e. The van der Waals surface area contributed by atoms with E-state index in [9.17, 15) is 18.4 Å². The summed E-state index contributed by atoms with van der Waals surface area (Å²) < 4.78 is 26.2. The molecule has 0 fully saturated rings. The van der Waals surface area contributed by atoms with Gasteiger partial charge in [-0.2, -0.15) is 4.98 Å². The molecular weight excluding hydrogens is 268 g/mol. The van der Waals surface area contributed by atoms with Crippen LogP contribution >= 0.6 is 0 Å². The lowest BCUT2D eigenvalue weighted by atomic mass is 10.0. The molecule has 0 saturated heterocycles. The van der Waals surface area contributed by atoms with Gasteiger partial charge in [0.1, 0.15) is 0 Å². The lowest BCUT2D eigenvalue weighted by molar-refractivity contribution is 0.0999. The van der Waals surface area contributed by atoms with Gasteiger partial charge in [0, 0.05) is 11.3 Å². The van der Waals surface area contributed by atoms with Crippen LogP contribution in [0.15, 0.2) is 23.0 Å². The first-order chi connectivity index (χ1) is 9.43. The molecule has 0 spiro atoms. The number of nitrogens with one attached hydrogen (secondary N) is 1. The van der Waals surface area contributed by atoms with Gasteiger partial charge in [-0.15, -0.1) is 0 Å². The third kappa shape index (κ3) is 2.42. The number of carbonyl (C=O) groups excluding carboxylic acids is 1. The molecule has 2 rings (SSSR count). The molecule has 0 aliphatic rings. The zero-order valence-corrected chi connectivity index (χ0v) is 10.5. The average molecular weight is 279 g/mol. The number of benzene rings is 1. The molecule has 20 heavy (non-hydrogen) atoms. The molecular formula is C13H11F2N3O2. The van der Waals surface area contributed by atoms with Crippen molar-refractivity contribution in [2.24, 2.45) is 5.73 Å². The van der Waals surface area contributed by atoms with Gasteiger partial charge in [-0.1, -0.05) is 6.92 Å². The van der Waals surface area contributed by atoms with E-state index in [1.165, 1.54) is 6.07 Å². The third-order valence-electron chi connectivity index (χ3n) is 2.80. The molecule has 5 nitrogen and oxygen atoms in total. The lowest BCUT2D eigenvalue weighted by Crippen LogP contribution is -2.23. The van der Waals surface area contributed by atoms with Crippen LogP contribution in [0.1, 0.15) is 23.0 Å². The van der Waals surface area contributed by atoms with Crippen molar-refractivity contribution in [1.82, 2.24) is 9.97 Å². The Morgan fingerprint density at radius 2 is 2.05 bits per heavy atom. The Hall–Kier alpha value is -2.57. The minimum absolute atomic E-state index is 0.00175. The summed E-state index contributed by atoms with van der Waals surface area (Å²) in [6, 6.07) is 2.99. The van der Waals surface area contributed by atoms with E-state index in [4.69, 9.17) is 5.73 Å². The van der Waals surface area contributed by atoms with Crippen molar-refractivity contribution in [2.45, 2.75) is 13.3 Å². The Labute approximate surface area is 112 Å². The van der Waals surface area contributed by atoms with Gasteiger partial charge in [-0.3, -0.25) is 4.79 Å². The van der Waals surface area contributed by atoms with Crippen molar-refractivity contribution in [3.63, 3.8) is 0 Å². The molecule has 3 N–H and O–H groups in total. The van der Waals surface area contributed by atoms with Gasteiger partial charge >= 0.3 is 5.69 Å². The minimum Gasteiger partial charge on any atom is -0.365 e. The molecule has 0 atom stereocenters. The fourth-order valence-electron chi connectivity index (χ4n) is 1.90. The number of H-pyrrole nitrogens is 1. The number of nitrogens with zero attached hydrogens (tertiary/aromatic N) is 1. The summed E-state index contributed by atoms with van der Waals surface area (Å²) in [5.74, 6) is -2.93. The topological polar surface area (TPSA) is 88.8 Å². The van der Waals surface area contributed by atoms with E-state index in [0.29, 0.717) is 12.1 Å². The number of halogens is 2. The Kier molecular flexibility index (Phi) is 3.60. The van der Waals surface area contributed by atoms with Crippen LogP contribution < -0.4 is 11.4 Å². The number of hydrogen-bond donors (Lipinski definition) is 2. The number of rotatable bonds is 3. The second kappa shape index (κ2) is 5.20. The smallest absolute Gasteiger partial charge is 0.345 e. The number of primary amides is 1. The highest BCUT2D eigenvalue weighted by molar-refractivity contribution is 5.99. The highest BCUT2D eigenvalue weighted by atomic mass is 19.2. The third-order valence-corrected chi connectivity index (χ3v) is 2.80. The molecule has 1 aromatic heterocycles. The van der Waals surface area contributed by atoms with Crippen LogP contribution in [0.2, 0.25) is 0 Å². The Morgan fingerprint density at radius 1 is 1.35 bits per heavy atom. The molecule has 1 heterocycles. The quantitative estimate of drug-likeness (QED) is 0.889. The van der Waals surface area contributed by atoms with Crippen molar-refractivity contribution in [3.05, 3.63) is 51.6 Å². The number of amides is 1. The summed E-state index contributed by atoms with van der Waals surface area (Å²) in [4.78, 5) is 29.1. The first kappa shape index (κ1) is 13.9. The van der Waals surface area contributed by atoms with Gasteiger partial charge in [-0.25, -0.2) is 13.6 Å². The molecule has 0 aliphatic heterocycles. The van der Waals surface area contributed by atoms with Crippen LogP contribution in [0.25, 0.3) is 11.3 Å². The zero-order valence-electron chi connectivity index (χ0n) is 10.5. The Balaban J connectivity index is 2.78. The Morgan fingerprint density at radius 3 is 2.60 bits per heavy atom. The van der Waals surface area contributed by atoms with Gasteiger partial charge in [0.05, 0.1) is 11.3 Å². The monoisotopic (exact) mass is 279 g/mol. The fraction of sp³-hybridized carbons (Fsp3) is 0.154. The first-order valence-electron chi connectivity index (χ1n) is 5.82. The molecule has 2 aromatic rings. The number of aryl methyl sites for hydroxylation is 1. The summed E-state index contributed by atoms with van der Waals surface area (Å²) in [5.41, 5.74) is 4.94. The van der Waals surface area contributed by atoms with E-state index in [-0.39, 0.29) is 16.8 Å². The second-order valence-electron chi connectivity index (χ2n) is 4.09. The summed E-state index contributed by atoms with van der Waals surface area (Å²) in [7, 11) is 0. The first-order valence-corrected chi connectivity index (χ1v) is 5.82. The molecule has 1 amide bonds. The van der Waals surface area contributed by atoms with Crippen LogP contribution in [0.3, 0.4) is 0 Å². The second-order valence-corrected chi connectivity index (χ2v) is 4.09. The average Bonchev–Trinajstić information content (AvgIpc) is 2.40. The molecule has 0 bridgehead atoms. The van der Waals surface area contributed by atoms with Crippen molar-refractivity contribution in [3.8, 4) is 11.3 Å². The Bertz CT molecular complexity index is 741. The van der Waals surface area contributed by atoms with Crippen LogP contribution in [0, 0.1) is 11.6 Å². The van der Waals surface area contributed by atoms with Crippen LogP contribution in [-0.4, -0.2) is 15.9 Å². The van der Waals surface area contributed by atoms with Crippen LogP contribution in [-0.2, 0) is 6.42 Å². The van der Waals surface area contributed by atoms with Crippen LogP contribution in [0.5, 0.6) is 0 Å². The predicted octanol–water partition coefficient (Wildman–Crippen LogP) is 1.38. The molecule has 0 unspecified atom stereocenters. The highest BCUT2D eigenvalue weighted by Crippen LogP contribution is 2.23. The molecule has 0 aliphatic carbocycles. The minimum atomic E-state index is -1.10. The number of aromatic nitrogens is 2. The number of carbonyl (C=O) groups is 1. The zero-order chi connectivity index (χ0) is 14.9. The van der Waals surface area contributed by atoms with Gasteiger partial charge in [0.25, 0.3) is 5.91 Å². The fourth-order valence-corrected chi connectivity index (χ4v) is 1.90. The van der Waals surface area contributed by atoms with E-state index in [0.717, 1.165) is 12.1 Å². The summed E-state index contributed by atoms with van der Waals surface area (Å²) in [5, 5.41) is 0. The summed E-state index contributed by atoms with van der Waals surface area (Å²) >= 11 is 0. The number of nitrogens with two attached hydrogens (primary N) is 1. The highest BCUT2D eigenvalue weighted by Gasteiger charge is 2.18. The van der Waals surface area contributed by atoms with Crippen molar-refractivity contribution < 1.29 is 13.6 Å². The SMILES string of the molecule is CCc1[nH]c(=O)nc(-c2ccc(F)c(F)c2)c1C(N)=O. The van der Waals surface area contributed by atoms with E-state index in [1.807, 2.05) is 0 Å². The normalized spacial score (nSPS) is 10.6. The van der Waals surface area contributed by atoms with Crippen molar-refractivity contribution >= 4 is 5.91 Å². The number of hydrogen-bond acceptors (Lipinski definition) is 3. The summed E-state index contributed by atoms with van der Waals surface area (Å²) in [6.45, 7) is 1.72. The standard InChI is InChI=1S/C13H11F2N3O2/c1-2-9-10(12(16)19)11(18-13(20)17-9)6-3-4-7(14)8(15)5-6/h3-5H,2H2,1H3,(H2,16,19)(H,17,18,20). The predicted molar refractivity (Wildman–Crippen MR) is 68.1 cm³/mol. The number of aromatic amines is 1. The molecule has 0 radical (unpaired) electrons. The maximum Gasteiger partial charge on any atom is 0.345 e. The maximum atomic E-state index is 13.3. The van der Waals surface area contributed by atoms with Gasteiger partial charge in [0.15, 0.2) is 11.6 Å². The van der Waals surface area contributed by atoms with Crippen molar-refractivity contribution in [2.75, 3.05) is 0 Å². The van der Waals surface area contributed by atoms with Gasteiger partial charge in [0.2, 0.25) is 0 Å². The van der Waals surface area contributed by atoms with E-state index in [2.05, 4.69) is 9.97 Å². The van der Waals surface area contributed by atoms with E-state index >= 15 is 0 Å². The van der Waals surface area contributed by atoms with Crippen LogP contribution in [0.4, 0.5) is 8.78 Å². The maximum absolute atomic E-state index is 13.3.